The lowest BCUT2D eigenvalue weighted by molar-refractivity contribution is -0.118. The van der Waals surface area contributed by atoms with E-state index in [1.54, 1.807) is 36.5 Å². The third kappa shape index (κ3) is 4.08. The molecule has 0 unspecified atom stereocenters. The van der Waals surface area contributed by atoms with Gasteiger partial charge in [-0.3, -0.25) is 4.79 Å². The first kappa shape index (κ1) is 13.0. The molecule has 0 aliphatic rings. The number of nitrogens with one attached hydrogen (secondary N) is 1. The van der Waals surface area contributed by atoms with Gasteiger partial charge in [-0.15, -0.1) is 0 Å². The lowest BCUT2D eigenvalue weighted by atomic mass is 10.2. The van der Waals surface area contributed by atoms with Gasteiger partial charge in [0.2, 0.25) is 0 Å². The molecule has 0 bridgehead atoms. The molecule has 0 atom stereocenters. The predicted octanol–water partition coefficient (Wildman–Crippen LogP) is 1.56. The van der Waals surface area contributed by atoms with E-state index in [1.165, 1.54) is 0 Å². The highest BCUT2D eigenvalue weighted by Crippen LogP contribution is 2.11. The van der Waals surface area contributed by atoms with E-state index in [0.717, 1.165) is 5.56 Å². The Labute approximate surface area is 111 Å². The van der Waals surface area contributed by atoms with Crippen LogP contribution < -0.4 is 15.8 Å². The van der Waals surface area contributed by atoms with Crippen molar-refractivity contribution < 1.29 is 9.53 Å². The van der Waals surface area contributed by atoms with Crippen molar-refractivity contribution in [2.45, 2.75) is 6.54 Å². The number of rotatable bonds is 5. The van der Waals surface area contributed by atoms with Crippen LogP contribution in [0.15, 0.2) is 48.7 Å². The van der Waals surface area contributed by atoms with E-state index in [0.29, 0.717) is 18.1 Å². The molecule has 0 aliphatic carbocycles. The number of nitrogens with two attached hydrogens (primary N) is 1. The normalized spacial score (nSPS) is 9.95. The maximum absolute atomic E-state index is 11.6. The van der Waals surface area contributed by atoms with E-state index in [1.807, 2.05) is 12.1 Å². The van der Waals surface area contributed by atoms with E-state index in [-0.39, 0.29) is 12.5 Å². The van der Waals surface area contributed by atoms with Crippen molar-refractivity contribution in [1.82, 2.24) is 4.98 Å². The zero-order valence-electron chi connectivity index (χ0n) is 10.4. The third-order valence-corrected chi connectivity index (χ3v) is 2.46. The van der Waals surface area contributed by atoms with E-state index in [2.05, 4.69) is 10.3 Å². The summed E-state index contributed by atoms with van der Waals surface area (Å²) in [6.45, 7) is 0.430. The average molecular weight is 257 g/mol. The molecule has 0 saturated carbocycles. The summed E-state index contributed by atoms with van der Waals surface area (Å²) < 4.78 is 5.36. The smallest absolute Gasteiger partial charge is 0.263 e. The van der Waals surface area contributed by atoms with Gasteiger partial charge < -0.3 is 15.8 Å². The number of pyridine rings is 1. The number of hydrogen-bond acceptors (Lipinski definition) is 4. The van der Waals surface area contributed by atoms with Crippen LogP contribution in [0.3, 0.4) is 0 Å². The molecule has 0 saturated heterocycles. The molecule has 3 N–H and O–H groups in total. The lowest BCUT2D eigenvalue weighted by Gasteiger charge is -2.07. The molecule has 1 aromatic carbocycles. The number of aromatic nitrogens is 1. The van der Waals surface area contributed by atoms with Crippen LogP contribution in [0.1, 0.15) is 5.56 Å². The lowest BCUT2D eigenvalue weighted by Crippen LogP contribution is -2.20. The Bertz CT molecular complexity index is 526. The Kier molecular flexibility index (Phi) is 4.47. The maximum atomic E-state index is 11.6. The molecule has 2 rings (SSSR count). The van der Waals surface area contributed by atoms with Gasteiger partial charge in [-0.25, -0.2) is 4.98 Å². The van der Waals surface area contributed by atoms with Crippen LogP contribution in [0.2, 0.25) is 0 Å². The minimum Gasteiger partial charge on any atom is -0.484 e. The van der Waals surface area contributed by atoms with Crippen LogP contribution >= 0.6 is 0 Å². The molecule has 0 aliphatic heterocycles. The van der Waals surface area contributed by atoms with Crippen molar-refractivity contribution in [3.8, 4) is 5.75 Å². The number of carbonyl (C=O) groups excluding carboxylic acids is 1. The highest BCUT2D eigenvalue weighted by molar-refractivity contribution is 5.90. The van der Waals surface area contributed by atoms with Gasteiger partial charge in [0.25, 0.3) is 5.91 Å². The molecule has 5 heteroatoms. The second-order valence-electron chi connectivity index (χ2n) is 3.90. The van der Waals surface area contributed by atoms with Gasteiger partial charge in [0, 0.05) is 12.7 Å². The zero-order valence-corrected chi connectivity index (χ0v) is 10.4. The molecule has 1 aromatic heterocycles. The van der Waals surface area contributed by atoms with Gasteiger partial charge >= 0.3 is 0 Å². The second-order valence-corrected chi connectivity index (χ2v) is 3.90. The van der Waals surface area contributed by atoms with Crippen molar-refractivity contribution in [2.75, 3.05) is 11.9 Å². The Morgan fingerprint density at radius 3 is 2.63 bits per heavy atom. The van der Waals surface area contributed by atoms with Gasteiger partial charge in [-0.05, 0) is 29.8 Å². The molecule has 98 valence electrons. The number of hydrogen-bond donors (Lipinski definition) is 2. The van der Waals surface area contributed by atoms with Gasteiger partial charge in [-0.2, -0.15) is 0 Å². The fourth-order valence-corrected chi connectivity index (χ4v) is 1.49. The fourth-order valence-electron chi connectivity index (χ4n) is 1.49. The van der Waals surface area contributed by atoms with Gasteiger partial charge in [0.1, 0.15) is 11.6 Å². The number of benzene rings is 1. The van der Waals surface area contributed by atoms with Crippen molar-refractivity contribution in [1.29, 1.82) is 0 Å². The molecule has 1 amide bonds. The molecule has 5 nitrogen and oxygen atoms in total. The van der Waals surface area contributed by atoms with Crippen molar-refractivity contribution in [3.63, 3.8) is 0 Å². The molecule has 2 aromatic rings. The van der Waals surface area contributed by atoms with E-state index in [4.69, 9.17) is 10.5 Å². The van der Waals surface area contributed by atoms with Gasteiger partial charge in [0.05, 0.1) is 0 Å². The van der Waals surface area contributed by atoms with Gasteiger partial charge in [0.15, 0.2) is 6.61 Å². The number of carbonyl (C=O) groups is 1. The first-order valence-electron chi connectivity index (χ1n) is 5.90. The Morgan fingerprint density at radius 1 is 1.21 bits per heavy atom. The highest BCUT2D eigenvalue weighted by Gasteiger charge is 2.04. The van der Waals surface area contributed by atoms with Crippen LogP contribution in [-0.4, -0.2) is 17.5 Å². The maximum Gasteiger partial charge on any atom is 0.263 e. The number of amides is 1. The van der Waals surface area contributed by atoms with E-state index >= 15 is 0 Å². The summed E-state index contributed by atoms with van der Waals surface area (Å²) in [4.78, 5) is 15.6. The molecule has 0 fully saturated rings. The van der Waals surface area contributed by atoms with Crippen molar-refractivity contribution >= 4 is 11.7 Å². The molecule has 0 radical (unpaired) electrons. The minimum absolute atomic E-state index is 0.0570. The number of anilines is 1. The Morgan fingerprint density at radius 2 is 2.00 bits per heavy atom. The largest absolute Gasteiger partial charge is 0.484 e. The summed E-state index contributed by atoms with van der Waals surface area (Å²) in [7, 11) is 0. The molecule has 19 heavy (non-hydrogen) atoms. The summed E-state index contributed by atoms with van der Waals surface area (Å²) in [6.07, 6.45) is 1.61. The minimum atomic E-state index is -0.249. The van der Waals surface area contributed by atoms with E-state index < -0.39 is 0 Å². The van der Waals surface area contributed by atoms with Crippen LogP contribution in [0, 0.1) is 0 Å². The average Bonchev–Trinajstić information content (AvgIpc) is 2.47. The number of nitrogens with zero attached hydrogens (tertiary/aromatic N) is 1. The Balaban J connectivity index is 1.83. The van der Waals surface area contributed by atoms with E-state index in [9.17, 15) is 4.79 Å². The van der Waals surface area contributed by atoms with Crippen LogP contribution in [0.25, 0.3) is 0 Å². The molecular weight excluding hydrogens is 242 g/mol. The van der Waals surface area contributed by atoms with Gasteiger partial charge in [-0.1, -0.05) is 18.2 Å². The predicted molar refractivity (Wildman–Crippen MR) is 72.7 cm³/mol. The summed E-state index contributed by atoms with van der Waals surface area (Å²) in [6, 6.07) is 12.6. The summed E-state index contributed by atoms with van der Waals surface area (Å²) in [5.41, 5.74) is 6.51. The second kappa shape index (κ2) is 6.51. The number of ether oxygens (including phenoxy) is 1. The highest BCUT2D eigenvalue weighted by atomic mass is 16.5. The van der Waals surface area contributed by atoms with Crippen LogP contribution in [0.5, 0.6) is 5.75 Å². The summed E-state index contributed by atoms with van der Waals surface area (Å²) in [5, 5.41) is 2.64. The third-order valence-electron chi connectivity index (χ3n) is 2.46. The van der Waals surface area contributed by atoms with Crippen molar-refractivity contribution in [2.24, 2.45) is 5.73 Å². The molecule has 0 spiro atoms. The Hall–Kier alpha value is -2.40. The molecule has 1 heterocycles. The first-order valence-corrected chi connectivity index (χ1v) is 5.90. The summed E-state index contributed by atoms with van der Waals surface area (Å²) >= 11 is 0. The standard InChI is InChI=1S/C14H15N3O2/c15-9-11-4-6-12(7-5-11)19-10-14(18)17-13-3-1-2-8-16-13/h1-8H,9-10,15H2,(H,16,17,18). The topological polar surface area (TPSA) is 77.2 Å². The summed E-state index contributed by atoms with van der Waals surface area (Å²) in [5.74, 6) is 0.893. The van der Waals surface area contributed by atoms with Crippen LogP contribution in [-0.2, 0) is 11.3 Å². The van der Waals surface area contributed by atoms with Crippen LogP contribution in [0.4, 0.5) is 5.82 Å². The quantitative estimate of drug-likeness (QED) is 0.852. The zero-order chi connectivity index (χ0) is 13.5. The molecular formula is C14H15N3O2. The fraction of sp³-hybridized carbons (Fsp3) is 0.143. The SMILES string of the molecule is NCc1ccc(OCC(=O)Nc2ccccn2)cc1. The van der Waals surface area contributed by atoms with Crippen molar-refractivity contribution in [3.05, 3.63) is 54.2 Å². The first-order chi connectivity index (χ1) is 9.28. The monoisotopic (exact) mass is 257 g/mol.